The van der Waals surface area contributed by atoms with Crippen LogP contribution in [0.1, 0.15) is 8.22 Å². The van der Waals surface area contributed by atoms with Crippen molar-refractivity contribution in [2.24, 2.45) is 0 Å². The van der Waals surface area contributed by atoms with Gasteiger partial charge >= 0.3 is 0 Å². The number of rotatable bonds is 2. The van der Waals surface area contributed by atoms with Crippen molar-refractivity contribution in [3.63, 3.8) is 0 Å². The number of hydrogen-bond acceptors (Lipinski definition) is 2. The zero-order valence-electron chi connectivity index (χ0n) is 9.72. The quantitative estimate of drug-likeness (QED) is 0.569. The third-order valence-corrected chi connectivity index (χ3v) is 0.324. The second-order valence-electron chi connectivity index (χ2n) is 0.875. The predicted octanol–water partition coefficient (Wildman–Crippen LogP) is -0.0379. The van der Waals surface area contributed by atoms with Crippen LogP contribution in [-0.2, 0) is 0 Å². The average molecular weight is 132 g/mol. The monoisotopic (exact) mass is 131 g/mol. The second-order valence-corrected chi connectivity index (χ2v) is 0.875. The molecule has 0 saturated heterocycles. The summed E-state index contributed by atoms with van der Waals surface area (Å²) in [6.45, 7) is -6.24. The molecule has 0 aromatic carbocycles. The maximum absolute atomic E-state index is 8.42. The van der Waals surface area contributed by atoms with Crippen molar-refractivity contribution in [2.45, 2.75) is 0 Å². The lowest BCUT2D eigenvalue weighted by Gasteiger charge is -2.03. The van der Waals surface area contributed by atoms with Crippen LogP contribution in [0.5, 0.6) is 0 Å². The fourth-order valence-electron chi connectivity index (χ4n) is 0.1000. The van der Waals surface area contributed by atoms with Gasteiger partial charge in [-0.1, -0.05) is 0 Å². The molecule has 1 N–H and O–H groups in total. The van der Waals surface area contributed by atoms with E-state index in [1.165, 1.54) is 0 Å². The normalized spacial score (nSPS) is 24.9. The molecule has 0 spiro atoms. The van der Waals surface area contributed by atoms with Crippen molar-refractivity contribution in [3.8, 4) is 0 Å². The Morgan fingerprint density at radius 3 is 2.43 bits per heavy atom. The van der Waals surface area contributed by atoms with Crippen LogP contribution in [0.4, 0.5) is 0 Å². The SMILES string of the molecule is Cl.[2H]C([2H])([2H])N(CCO)C([2H])([2H])[2H]. The molecular formula is C4H12ClNO. The van der Waals surface area contributed by atoms with Gasteiger partial charge < -0.3 is 10.0 Å². The molecule has 0 unspecified atom stereocenters. The molecular weight excluding hydrogens is 114 g/mol. The molecule has 0 aromatic rings. The molecule has 0 aliphatic rings. The van der Waals surface area contributed by atoms with E-state index in [9.17, 15) is 0 Å². The van der Waals surface area contributed by atoms with Gasteiger partial charge in [-0.05, 0) is 14.0 Å². The molecule has 3 heteroatoms. The minimum absolute atomic E-state index is 0. The Balaban J connectivity index is 0. The molecule has 0 atom stereocenters. The van der Waals surface area contributed by atoms with E-state index >= 15 is 0 Å². The van der Waals surface area contributed by atoms with E-state index < -0.39 is 20.6 Å². The second kappa shape index (κ2) is 6.21. The van der Waals surface area contributed by atoms with Crippen LogP contribution in [-0.4, -0.2) is 37.1 Å². The average Bonchev–Trinajstić information content (AvgIpc) is 1.77. The summed E-state index contributed by atoms with van der Waals surface area (Å²) in [5, 5.41) is 8.42. The fourth-order valence-corrected chi connectivity index (χ4v) is 0.1000. The summed E-state index contributed by atoms with van der Waals surface area (Å²) in [4.78, 5) is 0.306. The van der Waals surface area contributed by atoms with Crippen LogP contribution in [0.3, 0.4) is 0 Å². The minimum atomic E-state index is -2.69. The van der Waals surface area contributed by atoms with E-state index in [1.54, 1.807) is 0 Å². The number of aliphatic hydroxyl groups excluding tert-OH is 1. The third-order valence-electron chi connectivity index (χ3n) is 0.324. The molecule has 46 valence electrons. The van der Waals surface area contributed by atoms with Crippen molar-refractivity contribution in [3.05, 3.63) is 0 Å². The Labute approximate surface area is 59.0 Å². The van der Waals surface area contributed by atoms with Gasteiger partial charge in [0.1, 0.15) is 0 Å². The van der Waals surface area contributed by atoms with Crippen LogP contribution in [0.2, 0.25) is 0 Å². The van der Waals surface area contributed by atoms with Crippen LogP contribution in [0.25, 0.3) is 0 Å². The first kappa shape index (κ1) is 2.21. The van der Waals surface area contributed by atoms with Crippen molar-refractivity contribution in [1.82, 2.24) is 4.90 Å². The van der Waals surface area contributed by atoms with E-state index in [0.29, 0.717) is 4.90 Å². The molecule has 0 bridgehead atoms. The first-order valence-corrected chi connectivity index (χ1v) is 1.58. The highest BCUT2D eigenvalue weighted by Crippen LogP contribution is 1.66. The summed E-state index contributed by atoms with van der Waals surface area (Å²) in [5.41, 5.74) is 0. The van der Waals surface area contributed by atoms with E-state index in [0.717, 1.165) is 0 Å². The number of aliphatic hydroxyl groups is 1. The van der Waals surface area contributed by atoms with Gasteiger partial charge in [-0.15, -0.1) is 12.4 Å². The Morgan fingerprint density at radius 1 is 1.71 bits per heavy atom. The summed E-state index contributed by atoms with van der Waals surface area (Å²) in [7, 11) is 0. The molecule has 0 aliphatic carbocycles. The zero-order chi connectivity index (χ0) is 9.99. The van der Waals surface area contributed by atoms with E-state index in [-0.39, 0.29) is 19.0 Å². The van der Waals surface area contributed by atoms with Crippen molar-refractivity contribution in [1.29, 1.82) is 0 Å². The first-order chi connectivity index (χ1) is 5.19. The summed E-state index contributed by atoms with van der Waals surface area (Å²) in [6, 6.07) is 0. The lowest BCUT2D eigenvalue weighted by atomic mass is 10.6. The highest BCUT2D eigenvalue weighted by atomic mass is 35.5. The van der Waals surface area contributed by atoms with Gasteiger partial charge in [-0.2, -0.15) is 0 Å². The van der Waals surface area contributed by atoms with Gasteiger partial charge in [0.15, 0.2) is 0 Å². The maximum atomic E-state index is 8.42. The standard InChI is InChI=1S/C4H11NO.ClH/c1-5(2)3-4-6;/h6H,3-4H2,1-2H3;1H/i1D3,2D3;. The summed E-state index contributed by atoms with van der Waals surface area (Å²) in [5.74, 6) is 0. The predicted molar refractivity (Wildman–Crippen MR) is 32.9 cm³/mol. The van der Waals surface area contributed by atoms with Gasteiger partial charge in [0.2, 0.25) is 0 Å². The summed E-state index contributed by atoms with van der Waals surface area (Å²) in [6.07, 6.45) is 0. The molecule has 2 nitrogen and oxygen atoms in total. The molecule has 0 rings (SSSR count). The smallest absolute Gasteiger partial charge is 0.0558 e. The number of nitrogens with zero attached hydrogens (tertiary/aromatic N) is 1. The van der Waals surface area contributed by atoms with Gasteiger partial charge in [-0.25, -0.2) is 0 Å². The van der Waals surface area contributed by atoms with E-state index in [1.807, 2.05) is 0 Å². The molecule has 7 heavy (non-hydrogen) atoms. The molecule has 0 radical (unpaired) electrons. The number of likely N-dealkylation sites (N-methyl/N-ethyl adjacent to an activating group) is 1. The highest BCUT2D eigenvalue weighted by Gasteiger charge is 1.80. The van der Waals surface area contributed by atoms with Crippen molar-refractivity contribution >= 4 is 12.4 Å². The van der Waals surface area contributed by atoms with E-state index in [2.05, 4.69) is 0 Å². The topological polar surface area (TPSA) is 23.5 Å². The molecule has 0 aliphatic heterocycles. The van der Waals surface area contributed by atoms with Crippen LogP contribution < -0.4 is 0 Å². The van der Waals surface area contributed by atoms with Gasteiger partial charge in [0.25, 0.3) is 0 Å². The zero-order valence-corrected chi connectivity index (χ0v) is 4.53. The van der Waals surface area contributed by atoms with Crippen molar-refractivity contribution < 1.29 is 13.3 Å². The van der Waals surface area contributed by atoms with Crippen LogP contribution >= 0.6 is 12.4 Å². The third kappa shape index (κ3) is 10.7. The molecule has 0 saturated carbocycles. The Kier molecular flexibility index (Phi) is 1.96. The molecule has 0 aromatic heterocycles. The van der Waals surface area contributed by atoms with Crippen molar-refractivity contribution in [2.75, 3.05) is 27.1 Å². The lowest BCUT2D eigenvalue weighted by molar-refractivity contribution is 0.243. The number of hydrogen-bond donors (Lipinski definition) is 1. The van der Waals surface area contributed by atoms with Crippen LogP contribution in [0.15, 0.2) is 0 Å². The van der Waals surface area contributed by atoms with Crippen LogP contribution in [0, 0.1) is 0 Å². The Hall–Kier alpha value is 0.210. The Bertz CT molecular complexity index is 131. The van der Waals surface area contributed by atoms with Gasteiger partial charge in [0.05, 0.1) is 6.61 Å². The molecule has 0 fully saturated rings. The van der Waals surface area contributed by atoms with Gasteiger partial charge in [0, 0.05) is 14.8 Å². The lowest BCUT2D eigenvalue weighted by Crippen LogP contribution is -2.15. The first-order valence-electron chi connectivity index (χ1n) is 4.58. The van der Waals surface area contributed by atoms with Gasteiger partial charge in [-0.3, -0.25) is 0 Å². The van der Waals surface area contributed by atoms with E-state index in [4.69, 9.17) is 13.3 Å². The largest absolute Gasteiger partial charge is 0.395 e. The highest BCUT2D eigenvalue weighted by molar-refractivity contribution is 5.85. The molecule has 0 amide bonds. The summed E-state index contributed by atoms with van der Waals surface area (Å²) >= 11 is 0. The Morgan fingerprint density at radius 2 is 2.29 bits per heavy atom. The fraction of sp³-hybridized carbons (Fsp3) is 1.00. The summed E-state index contributed by atoms with van der Waals surface area (Å²) < 4.78 is 41.0. The number of halogens is 1. The minimum Gasteiger partial charge on any atom is -0.395 e. The molecule has 0 heterocycles. The maximum Gasteiger partial charge on any atom is 0.0558 e.